The van der Waals surface area contributed by atoms with Crippen molar-refractivity contribution in [1.29, 1.82) is 0 Å². The van der Waals surface area contributed by atoms with E-state index in [1.165, 1.54) is 6.92 Å². The molecule has 0 amide bonds. The fourth-order valence-corrected chi connectivity index (χ4v) is 1.98. The van der Waals surface area contributed by atoms with Crippen LogP contribution in [0, 0.1) is 0 Å². The molecule has 74 valence electrons. The number of rotatable bonds is 1. The van der Waals surface area contributed by atoms with E-state index in [-0.39, 0.29) is 17.1 Å². The molecule has 1 N–H and O–H groups in total. The van der Waals surface area contributed by atoms with Crippen molar-refractivity contribution in [2.45, 2.75) is 26.3 Å². The van der Waals surface area contributed by atoms with Gasteiger partial charge in [0.1, 0.15) is 5.75 Å². The van der Waals surface area contributed by atoms with Crippen molar-refractivity contribution in [3.05, 3.63) is 27.7 Å². The zero-order chi connectivity index (χ0) is 10.3. The first-order valence-corrected chi connectivity index (χ1v) is 4.58. The van der Waals surface area contributed by atoms with Crippen molar-refractivity contribution in [3.8, 4) is 5.75 Å². The van der Waals surface area contributed by atoms with E-state index in [9.17, 15) is 14.7 Å². The number of Topliss-reactive ketones (excluding diaryl/α,β-unsaturated/α-hetero) is 1. The van der Waals surface area contributed by atoms with Crippen molar-refractivity contribution in [1.82, 2.24) is 4.57 Å². The maximum absolute atomic E-state index is 11.4. The average molecular weight is 193 g/mol. The van der Waals surface area contributed by atoms with Crippen molar-refractivity contribution in [3.63, 3.8) is 0 Å². The zero-order valence-corrected chi connectivity index (χ0v) is 7.91. The Morgan fingerprint density at radius 3 is 2.93 bits per heavy atom. The summed E-state index contributed by atoms with van der Waals surface area (Å²) in [6.45, 7) is 2.05. The number of hydrogen-bond donors (Lipinski definition) is 1. The maximum Gasteiger partial charge on any atom is 0.254 e. The molecule has 0 aliphatic carbocycles. The minimum absolute atomic E-state index is 0.185. The number of aromatic nitrogens is 1. The zero-order valence-electron chi connectivity index (χ0n) is 7.91. The molecule has 2 heterocycles. The first-order valence-electron chi connectivity index (χ1n) is 4.58. The van der Waals surface area contributed by atoms with E-state index in [4.69, 9.17) is 0 Å². The molecular weight excluding hydrogens is 182 g/mol. The molecule has 0 saturated heterocycles. The van der Waals surface area contributed by atoms with Gasteiger partial charge in [-0.2, -0.15) is 0 Å². The maximum atomic E-state index is 11.4. The van der Waals surface area contributed by atoms with Crippen molar-refractivity contribution < 1.29 is 9.90 Å². The Morgan fingerprint density at radius 2 is 2.29 bits per heavy atom. The van der Waals surface area contributed by atoms with Crippen LogP contribution < -0.4 is 5.56 Å². The van der Waals surface area contributed by atoms with Gasteiger partial charge < -0.3 is 9.67 Å². The van der Waals surface area contributed by atoms with E-state index >= 15 is 0 Å². The molecule has 14 heavy (non-hydrogen) atoms. The minimum atomic E-state index is -0.222. The molecular formula is C10H11NO3. The van der Waals surface area contributed by atoms with Crippen LogP contribution >= 0.6 is 0 Å². The van der Waals surface area contributed by atoms with Crippen molar-refractivity contribution in [2.24, 2.45) is 0 Å². The van der Waals surface area contributed by atoms with Gasteiger partial charge >= 0.3 is 0 Å². The Kier molecular flexibility index (Phi) is 1.91. The summed E-state index contributed by atoms with van der Waals surface area (Å²) >= 11 is 0. The first-order chi connectivity index (χ1) is 6.61. The summed E-state index contributed by atoms with van der Waals surface area (Å²) < 4.78 is 1.57. The van der Waals surface area contributed by atoms with Crippen LogP contribution in [-0.4, -0.2) is 15.5 Å². The number of nitrogens with zero attached hydrogens (tertiary/aromatic N) is 1. The SMILES string of the molecule is CC(=O)c1c(O)cc(=O)n2c1CCC2. The summed E-state index contributed by atoms with van der Waals surface area (Å²) in [6, 6.07) is 1.12. The van der Waals surface area contributed by atoms with Crippen LogP contribution in [0.5, 0.6) is 5.75 Å². The fraction of sp³-hybridized carbons (Fsp3) is 0.400. The summed E-state index contributed by atoms with van der Waals surface area (Å²) in [4.78, 5) is 22.7. The quantitative estimate of drug-likeness (QED) is 0.668. The smallest absolute Gasteiger partial charge is 0.254 e. The van der Waals surface area contributed by atoms with Gasteiger partial charge in [-0.15, -0.1) is 0 Å². The molecule has 1 aromatic heterocycles. The van der Waals surface area contributed by atoms with Gasteiger partial charge in [-0.25, -0.2) is 0 Å². The van der Waals surface area contributed by atoms with E-state index in [0.717, 1.165) is 12.5 Å². The van der Waals surface area contributed by atoms with Gasteiger partial charge in [0, 0.05) is 18.3 Å². The highest BCUT2D eigenvalue weighted by Gasteiger charge is 2.21. The topological polar surface area (TPSA) is 59.3 Å². The molecule has 0 radical (unpaired) electrons. The lowest BCUT2D eigenvalue weighted by Crippen LogP contribution is -2.20. The second kappa shape index (κ2) is 2.97. The van der Waals surface area contributed by atoms with E-state index < -0.39 is 0 Å². The summed E-state index contributed by atoms with van der Waals surface area (Å²) in [7, 11) is 0. The Morgan fingerprint density at radius 1 is 1.57 bits per heavy atom. The Balaban J connectivity index is 2.78. The van der Waals surface area contributed by atoms with E-state index in [1.807, 2.05) is 0 Å². The average Bonchev–Trinajstić information content (AvgIpc) is 2.51. The number of pyridine rings is 1. The molecule has 1 aliphatic heterocycles. The number of carbonyl (C=O) groups excluding carboxylic acids is 1. The molecule has 4 heteroatoms. The lowest BCUT2D eigenvalue weighted by Gasteiger charge is -2.08. The van der Waals surface area contributed by atoms with E-state index in [0.29, 0.717) is 24.2 Å². The van der Waals surface area contributed by atoms with Crippen LogP contribution in [0.1, 0.15) is 29.4 Å². The van der Waals surface area contributed by atoms with Gasteiger partial charge in [0.2, 0.25) is 0 Å². The largest absolute Gasteiger partial charge is 0.507 e. The first kappa shape index (κ1) is 8.99. The standard InChI is InChI=1S/C10H11NO3/c1-6(12)10-7-3-2-4-11(7)9(14)5-8(10)13/h5,13H,2-4H2,1H3. The molecule has 1 aliphatic rings. The molecule has 0 unspecified atom stereocenters. The molecule has 0 bridgehead atoms. The van der Waals surface area contributed by atoms with Gasteiger partial charge in [0.25, 0.3) is 5.56 Å². The summed E-state index contributed by atoms with van der Waals surface area (Å²) in [5.41, 5.74) is 0.768. The number of carbonyl (C=O) groups is 1. The van der Waals surface area contributed by atoms with Gasteiger partial charge in [-0.05, 0) is 19.8 Å². The predicted molar refractivity (Wildman–Crippen MR) is 50.7 cm³/mol. The lowest BCUT2D eigenvalue weighted by molar-refractivity contribution is 0.101. The molecule has 0 spiro atoms. The number of hydrogen-bond acceptors (Lipinski definition) is 3. The molecule has 0 saturated carbocycles. The second-order valence-corrected chi connectivity index (χ2v) is 3.50. The van der Waals surface area contributed by atoms with Crippen LogP contribution in [-0.2, 0) is 13.0 Å². The van der Waals surface area contributed by atoms with Gasteiger partial charge in [-0.1, -0.05) is 0 Å². The summed E-state index contributed by atoms with van der Waals surface area (Å²) in [5.74, 6) is -0.371. The number of fused-ring (bicyclic) bond motifs is 1. The van der Waals surface area contributed by atoms with E-state index in [1.54, 1.807) is 4.57 Å². The van der Waals surface area contributed by atoms with Crippen LogP contribution in [0.4, 0.5) is 0 Å². The second-order valence-electron chi connectivity index (χ2n) is 3.50. The van der Waals surface area contributed by atoms with Gasteiger partial charge in [-0.3, -0.25) is 9.59 Å². The fourth-order valence-electron chi connectivity index (χ4n) is 1.98. The summed E-state index contributed by atoms with van der Waals surface area (Å²) in [5, 5.41) is 9.49. The third-order valence-corrected chi connectivity index (χ3v) is 2.54. The lowest BCUT2D eigenvalue weighted by atomic mass is 10.1. The van der Waals surface area contributed by atoms with Crippen LogP contribution in [0.2, 0.25) is 0 Å². The molecule has 1 aromatic rings. The van der Waals surface area contributed by atoms with Crippen LogP contribution in [0.15, 0.2) is 10.9 Å². The normalized spacial score (nSPS) is 14.1. The third-order valence-electron chi connectivity index (χ3n) is 2.54. The third kappa shape index (κ3) is 1.14. The minimum Gasteiger partial charge on any atom is -0.507 e. The number of ketones is 1. The molecule has 2 rings (SSSR count). The van der Waals surface area contributed by atoms with Crippen LogP contribution in [0.3, 0.4) is 0 Å². The van der Waals surface area contributed by atoms with E-state index in [2.05, 4.69) is 0 Å². The van der Waals surface area contributed by atoms with Gasteiger partial charge in [0.15, 0.2) is 5.78 Å². The highest BCUT2D eigenvalue weighted by Crippen LogP contribution is 2.24. The molecule has 0 aromatic carbocycles. The predicted octanol–water partition coefficient (Wildman–Crippen LogP) is 0.703. The number of aromatic hydroxyl groups is 1. The Hall–Kier alpha value is -1.58. The highest BCUT2D eigenvalue weighted by atomic mass is 16.3. The Bertz CT molecular complexity index is 459. The summed E-state index contributed by atoms with van der Waals surface area (Å²) in [6.07, 6.45) is 1.55. The Labute approximate surface area is 80.8 Å². The highest BCUT2D eigenvalue weighted by molar-refractivity contribution is 5.97. The molecule has 0 fully saturated rings. The van der Waals surface area contributed by atoms with Crippen molar-refractivity contribution in [2.75, 3.05) is 0 Å². The molecule has 4 nitrogen and oxygen atoms in total. The van der Waals surface area contributed by atoms with Crippen LogP contribution in [0.25, 0.3) is 0 Å². The van der Waals surface area contributed by atoms with Gasteiger partial charge in [0.05, 0.1) is 5.56 Å². The van der Waals surface area contributed by atoms with Crippen molar-refractivity contribution >= 4 is 5.78 Å². The monoisotopic (exact) mass is 193 g/mol. The molecule has 0 atom stereocenters.